The predicted molar refractivity (Wildman–Crippen MR) is 74.0 cm³/mol. The lowest BCUT2D eigenvalue weighted by atomic mass is 10.3. The van der Waals surface area contributed by atoms with Gasteiger partial charge >= 0.3 is 0 Å². The Labute approximate surface area is 117 Å². The number of nitrogens with zero attached hydrogens (tertiary/aromatic N) is 2. The summed E-state index contributed by atoms with van der Waals surface area (Å²) in [6.45, 7) is 1.75. The van der Waals surface area contributed by atoms with Gasteiger partial charge < -0.3 is 19.5 Å². The van der Waals surface area contributed by atoms with Gasteiger partial charge in [0.15, 0.2) is 0 Å². The summed E-state index contributed by atoms with van der Waals surface area (Å²) in [5.41, 5.74) is 0.00590. The molecule has 0 aliphatic heterocycles. The molecule has 7 heteroatoms. The molecule has 0 aromatic heterocycles. The van der Waals surface area contributed by atoms with Gasteiger partial charge in [0, 0.05) is 26.3 Å². The van der Waals surface area contributed by atoms with E-state index in [1.807, 2.05) is 11.9 Å². The molecule has 0 fully saturated rings. The molecular formula is C13H20N2O5. The molecule has 1 N–H and O–H groups in total. The summed E-state index contributed by atoms with van der Waals surface area (Å²) in [6, 6.07) is 6.06. The average Bonchev–Trinajstić information content (AvgIpc) is 2.39. The quantitative estimate of drug-likeness (QED) is 0.536. The molecule has 112 valence electrons. The van der Waals surface area contributed by atoms with Crippen molar-refractivity contribution in [2.75, 3.05) is 40.5 Å². The molecule has 0 aliphatic rings. The highest BCUT2D eigenvalue weighted by atomic mass is 16.6. The molecule has 0 bridgehead atoms. The molecule has 0 amide bonds. The minimum Gasteiger partial charge on any atom is -0.492 e. The van der Waals surface area contributed by atoms with Gasteiger partial charge in [-0.15, -0.1) is 0 Å². The summed E-state index contributed by atoms with van der Waals surface area (Å²) in [7, 11) is 3.39. The first-order valence-electron chi connectivity index (χ1n) is 6.25. The molecule has 1 unspecified atom stereocenters. The third-order valence-electron chi connectivity index (χ3n) is 2.65. The van der Waals surface area contributed by atoms with Gasteiger partial charge in [-0.05, 0) is 13.1 Å². The maximum atomic E-state index is 10.6. The normalized spacial score (nSPS) is 12.4. The molecule has 1 aromatic carbocycles. The van der Waals surface area contributed by atoms with E-state index in [9.17, 15) is 15.2 Å². The van der Waals surface area contributed by atoms with E-state index >= 15 is 0 Å². The summed E-state index contributed by atoms with van der Waals surface area (Å²) in [5, 5.41) is 20.2. The third kappa shape index (κ3) is 5.96. The van der Waals surface area contributed by atoms with Crippen molar-refractivity contribution >= 4 is 5.69 Å². The van der Waals surface area contributed by atoms with Crippen LogP contribution in [0.1, 0.15) is 0 Å². The number of benzene rings is 1. The average molecular weight is 284 g/mol. The monoisotopic (exact) mass is 284 g/mol. The van der Waals surface area contributed by atoms with Crippen LogP contribution in [0.3, 0.4) is 0 Å². The largest absolute Gasteiger partial charge is 0.492 e. The van der Waals surface area contributed by atoms with Crippen LogP contribution in [-0.2, 0) is 4.74 Å². The fourth-order valence-corrected chi connectivity index (χ4v) is 1.70. The molecule has 0 heterocycles. The summed E-state index contributed by atoms with van der Waals surface area (Å²) >= 11 is 0. The molecule has 0 saturated carbocycles. The molecule has 0 spiro atoms. The van der Waals surface area contributed by atoms with Crippen LogP contribution in [0.15, 0.2) is 24.3 Å². The number of methoxy groups -OCH3 is 1. The zero-order valence-electron chi connectivity index (χ0n) is 11.7. The highest BCUT2D eigenvalue weighted by molar-refractivity contribution is 5.37. The van der Waals surface area contributed by atoms with E-state index in [1.165, 1.54) is 19.2 Å². The van der Waals surface area contributed by atoms with Gasteiger partial charge in [-0.3, -0.25) is 10.1 Å². The van der Waals surface area contributed by atoms with Gasteiger partial charge in [-0.1, -0.05) is 6.07 Å². The molecule has 0 saturated heterocycles. The van der Waals surface area contributed by atoms with E-state index in [-0.39, 0.29) is 12.3 Å². The number of aliphatic hydroxyl groups excluding tert-OH is 1. The Bertz CT molecular complexity index is 427. The highest BCUT2D eigenvalue weighted by Crippen LogP contribution is 2.18. The van der Waals surface area contributed by atoms with Gasteiger partial charge in [-0.2, -0.15) is 0 Å². The molecule has 0 radical (unpaired) electrons. The van der Waals surface area contributed by atoms with E-state index in [0.717, 1.165) is 0 Å². The Morgan fingerprint density at radius 2 is 2.25 bits per heavy atom. The fourth-order valence-electron chi connectivity index (χ4n) is 1.70. The fraction of sp³-hybridized carbons (Fsp3) is 0.538. The molecular weight excluding hydrogens is 264 g/mol. The van der Waals surface area contributed by atoms with Crippen LogP contribution >= 0.6 is 0 Å². The first kappa shape index (κ1) is 16.4. The smallest absolute Gasteiger partial charge is 0.273 e. The summed E-state index contributed by atoms with van der Waals surface area (Å²) in [4.78, 5) is 12.1. The van der Waals surface area contributed by atoms with Crippen molar-refractivity contribution < 1.29 is 19.5 Å². The second kappa shape index (κ2) is 8.47. The second-order valence-electron chi connectivity index (χ2n) is 4.47. The topological polar surface area (TPSA) is 85.1 Å². The SMILES string of the molecule is COCC(O)CN(C)CCOc1cccc([N+](=O)[O-])c1. The van der Waals surface area contributed by atoms with Crippen LogP contribution in [0, 0.1) is 10.1 Å². The van der Waals surface area contributed by atoms with Crippen molar-refractivity contribution in [3.05, 3.63) is 34.4 Å². The van der Waals surface area contributed by atoms with E-state index < -0.39 is 11.0 Å². The number of likely N-dealkylation sites (N-methyl/N-ethyl adjacent to an activating group) is 1. The minimum atomic E-state index is -0.539. The molecule has 1 atom stereocenters. The Morgan fingerprint density at radius 3 is 2.90 bits per heavy atom. The first-order valence-corrected chi connectivity index (χ1v) is 6.25. The molecule has 1 aromatic rings. The lowest BCUT2D eigenvalue weighted by molar-refractivity contribution is -0.384. The lowest BCUT2D eigenvalue weighted by Crippen LogP contribution is -2.34. The van der Waals surface area contributed by atoms with Crippen LogP contribution in [0.2, 0.25) is 0 Å². The van der Waals surface area contributed by atoms with Crippen LogP contribution in [0.4, 0.5) is 5.69 Å². The van der Waals surface area contributed by atoms with Crippen LogP contribution in [0.25, 0.3) is 0 Å². The zero-order chi connectivity index (χ0) is 15.0. The van der Waals surface area contributed by atoms with Gasteiger partial charge in [0.25, 0.3) is 5.69 Å². The Kier molecular flexibility index (Phi) is 6.92. The second-order valence-corrected chi connectivity index (χ2v) is 4.47. The lowest BCUT2D eigenvalue weighted by Gasteiger charge is -2.20. The van der Waals surface area contributed by atoms with E-state index in [0.29, 0.717) is 25.4 Å². The highest BCUT2D eigenvalue weighted by Gasteiger charge is 2.09. The van der Waals surface area contributed by atoms with Crippen molar-refractivity contribution in [3.63, 3.8) is 0 Å². The van der Waals surface area contributed by atoms with E-state index in [4.69, 9.17) is 9.47 Å². The van der Waals surface area contributed by atoms with E-state index in [1.54, 1.807) is 12.1 Å². The first-order chi connectivity index (χ1) is 9.52. The molecule has 0 aliphatic carbocycles. The standard InChI is InChI=1S/C13H20N2O5/c1-14(9-12(16)10-19-2)6-7-20-13-5-3-4-11(8-13)15(17)18/h3-5,8,12,16H,6-7,9-10H2,1-2H3. The van der Waals surface area contributed by atoms with Gasteiger partial charge in [-0.25, -0.2) is 0 Å². The predicted octanol–water partition coefficient (Wildman–Crippen LogP) is 0.913. The number of ether oxygens (including phenoxy) is 2. The van der Waals surface area contributed by atoms with Gasteiger partial charge in [0.05, 0.1) is 23.7 Å². The Hall–Kier alpha value is -1.70. The van der Waals surface area contributed by atoms with Crippen molar-refractivity contribution in [3.8, 4) is 5.75 Å². The van der Waals surface area contributed by atoms with Crippen LogP contribution < -0.4 is 4.74 Å². The Balaban J connectivity index is 2.33. The third-order valence-corrected chi connectivity index (χ3v) is 2.65. The summed E-state index contributed by atoms with van der Waals surface area (Å²) in [6.07, 6.45) is -0.539. The molecule has 1 rings (SSSR count). The van der Waals surface area contributed by atoms with Crippen molar-refractivity contribution in [2.45, 2.75) is 6.10 Å². The number of nitro benzene ring substituents is 1. The number of nitro groups is 1. The van der Waals surface area contributed by atoms with Crippen LogP contribution in [0.5, 0.6) is 5.75 Å². The number of rotatable bonds is 9. The van der Waals surface area contributed by atoms with Crippen molar-refractivity contribution in [1.82, 2.24) is 4.90 Å². The summed E-state index contributed by atoms with van der Waals surface area (Å²) < 4.78 is 10.3. The maximum Gasteiger partial charge on any atom is 0.273 e. The number of hydrogen-bond donors (Lipinski definition) is 1. The van der Waals surface area contributed by atoms with Crippen molar-refractivity contribution in [2.24, 2.45) is 0 Å². The number of non-ortho nitro benzene ring substituents is 1. The maximum absolute atomic E-state index is 10.6. The Morgan fingerprint density at radius 1 is 1.50 bits per heavy atom. The molecule has 7 nitrogen and oxygen atoms in total. The zero-order valence-corrected chi connectivity index (χ0v) is 11.7. The van der Waals surface area contributed by atoms with Gasteiger partial charge in [0.2, 0.25) is 0 Å². The van der Waals surface area contributed by atoms with Crippen molar-refractivity contribution in [1.29, 1.82) is 0 Å². The van der Waals surface area contributed by atoms with E-state index in [2.05, 4.69) is 0 Å². The van der Waals surface area contributed by atoms with Gasteiger partial charge in [0.1, 0.15) is 12.4 Å². The van der Waals surface area contributed by atoms with Crippen LogP contribution in [-0.4, -0.2) is 61.5 Å². The summed E-state index contributed by atoms with van der Waals surface area (Å²) in [5.74, 6) is 0.463. The minimum absolute atomic E-state index is 0.00590. The number of aliphatic hydroxyl groups is 1. The number of hydrogen-bond acceptors (Lipinski definition) is 6. The molecule has 20 heavy (non-hydrogen) atoms.